The lowest BCUT2D eigenvalue weighted by Gasteiger charge is -2.29. The number of hydrazine groups is 1. The Balaban J connectivity index is 1.71. The van der Waals surface area contributed by atoms with Crippen LogP contribution in [0.4, 0.5) is 4.79 Å². The number of ketones is 1. The lowest BCUT2D eigenvalue weighted by Crippen LogP contribution is -2.52. The second-order valence-electron chi connectivity index (χ2n) is 9.74. The zero-order valence-electron chi connectivity index (χ0n) is 20.0. The lowest BCUT2D eigenvalue weighted by atomic mass is 9.74. The largest absolute Gasteiger partial charge is 0.334 e. The summed E-state index contributed by atoms with van der Waals surface area (Å²) in [5.41, 5.74) is 8.39. The number of allylic oxidation sites excluding steroid dienone is 1. The number of amides is 3. The van der Waals surface area contributed by atoms with Crippen molar-refractivity contribution in [2.75, 3.05) is 6.26 Å². The van der Waals surface area contributed by atoms with Crippen LogP contribution in [0, 0.1) is 5.41 Å². The third kappa shape index (κ3) is 5.50. The molecule has 0 unspecified atom stereocenters. The van der Waals surface area contributed by atoms with Gasteiger partial charge in [0.25, 0.3) is 5.91 Å². The van der Waals surface area contributed by atoms with Gasteiger partial charge < -0.3 is 5.32 Å². The molecule has 0 saturated heterocycles. The molecule has 8 heteroatoms. The molecule has 3 rings (SSSR count). The molecule has 3 N–H and O–H groups in total. The molecule has 3 amide bonds. The average molecular weight is 486 g/mol. The number of rotatable bonds is 5. The molecule has 176 valence electrons. The Bertz CT molecular complexity index is 1130. The van der Waals surface area contributed by atoms with E-state index in [1.807, 2.05) is 65.1 Å². The average Bonchev–Trinajstić information content (AvgIpc) is 3.09. The Morgan fingerprint density at radius 2 is 1.88 bits per heavy atom. The predicted molar refractivity (Wildman–Crippen MR) is 136 cm³/mol. The molecule has 1 heterocycles. The number of carbonyl (C=O) groups excluding carboxylic acids is 3. The summed E-state index contributed by atoms with van der Waals surface area (Å²) in [6, 6.07) is 7.29. The number of urea groups is 1. The number of fused-ring (bicyclic) bond motifs is 1. The molecule has 0 bridgehead atoms. The summed E-state index contributed by atoms with van der Waals surface area (Å²) in [6.45, 7) is 13.7. The van der Waals surface area contributed by atoms with Crippen LogP contribution in [-0.2, 0) is 12.0 Å². The first-order valence-electron chi connectivity index (χ1n) is 10.7. The van der Waals surface area contributed by atoms with Gasteiger partial charge in [-0.3, -0.25) is 15.0 Å². The van der Waals surface area contributed by atoms with Crippen molar-refractivity contribution < 1.29 is 14.4 Å². The van der Waals surface area contributed by atoms with Gasteiger partial charge in [0, 0.05) is 12.0 Å². The molecular weight excluding hydrogens is 454 g/mol. The molecule has 0 radical (unpaired) electrons. The molecule has 6 nitrogen and oxygen atoms in total. The first-order chi connectivity index (χ1) is 15.3. The van der Waals surface area contributed by atoms with Gasteiger partial charge in [0.2, 0.25) is 0 Å². The monoisotopic (exact) mass is 485 g/mol. The highest BCUT2D eigenvalue weighted by atomic mass is 32.2. The minimum atomic E-state index is -0.676. The number of carbonyl (C=O) groups is 3. The molecule has 0 spiro atoms. The molecule has 33 heavy (non-hydrogen) atoms. The molecule has 1 aliphatic rings. The Labute approximate surface area is 203 Å². The highest BCUT2D eigenvalue weighted by molar-refractivity contribution is 8.00. The molecule has 1 aliphatic carbocycles. The van der Waals surface area contributed by atoms with E-state index >= 15 is 0 Å². The number of hydrogen-bond acceptors (Lipinski definition) is 5. The van der Waals surface area contributed by atoms with E-state index in [1.165, 1.54) is 23.1 Å². The van der Waals surface area contributed by atoms with E-state index in [4.69, 9.17) is 0 Å². The van der Waals surface area contributed by atoms with E-state index in [0.717, 1.165) is 26.5 Å². The van der Waals surface area contributed by atoms with Crippen molar-refractivity contribution in [1.82, 2.24) is 16.2 Å². The number of benzene rings is 1. The maximum atomic E-state index is 12.9. The van der Waals surface area contributed by atoms with Gasteiger partial charge in [-0.15, -0.1) is 23.1 Å². The summed E-state index contributed by atoms with van der Waals surface area (Å²) in [4.78, 5) is 38.7. The number of thiophene rings is 1. The predicted octanol–water partition coefficient (Wildman–Crippen LogP) is 5.54. The number of nitrogens with one attached hydrogen (secondary N) is 3. The van der Waals surface area contributed by atoms with Gasteiger partial charge in [0.05, 0.1) is 14.6 Å². The molecule has 0 atom stereocenters. The Hall–Kier alpha value is -2.58. The van der Waals surface area contributed by atoms with Crippen molar-refractivity contribution in [1.29, 1.82) is 0 Å². The smallest absolute Gasteiger partial charge is 0.328 e. The quantitative estimate of drug-likeness (QED) is 0.383. The fourth-order valence-electron chi connectivity index (χ4n) is 4.02. The number of Topliss-reactive ketones (excluding diaryl/α,β-unsaturated/α-hetero) is 1. The van der Waals surface area contributed by atoms with Gasteiger partial charge in [0.15, 0.2) is 5.78 Å². The van der Waals surface area contributed by atoms with Crippen LogP contribution in [-0.4, -0.2) is 24.0 Å². The molecule has 0 aliphatic heterocycles. The highest BCUT2D eigenvalue weighted by Crippen LogP contribution is 2.44. The van der Waals surface area contributed by atoms with Gasteiger partial charge in [-0.25, -0.2) is 10.2 Å². The number of hydrogen-bond donors (Lipinski definition) is 3. The zero-order valence-corrected chi connectivity index (χ0v) is 21.6. The SMILES string of the molecule is C=C(C)c1cccc(C(C)(C)NC(=O)NNC(=O)c2sc(SC)c3c2CC(C)(C)CC3=O)c1. The molecule has 1 aromatic heterocycles. The number of thioether (sulfide) groups is 1. The third-order valence-electron chi connectivity index (χ3n) is 5.73. The second-order valence-corrected chi connectivity index (χ2v) is 11.8. The van der Waals surface area contributed by atoms with Crippen LogP contribution in [0.5, 0.6) is 0 Å². The summed E-state index contributed by atoms with van der Waals surface area (Å²) in [7, 11) is 0. The molecular formula is C25H31N3O3S2. The van der Waals surface area contributed by atoms with Crippen LogP contribution in [0.15, 0.2) is 35.1 Å². The lowest BCUT2D eigenvalue weighted by molar-refractivity contribution is 0.0908. The fourth-order valence-corrected chi connectivity index (χ4v) is 6.01. The second kappa shape index (κ2) is 9.35. The topological polar surface area (TPSA) is 87.3 Å². The zero-order chi connectivity index (χ0) is 24.6. The minimum absolute atomic E-state index is 0.0744. The van der Waals surface area contributed by atoms with Crippen LogP contribution in [0.25, 0.3) is 5.57 Å². The van der Waals surface area contributed by atoms with Crippen LogP contribution < -0.4 is 16.2 Å². The first-order valence-corrected chi connectivity index (χ1v) is 12.8. The van der Waals surface area contributed by atoms with Crippen molar-refractivity contribution in [2.45, 2.75) is 57.2 Å². The van der Waals surface area contributed by atoms with Crippen molar-refractivity contribution in [3.63, 3.8) is 0 Å². The summed E-state index contributed by atoms with van der Waals surface area (Å²) >= 11 is 2.77. The van der Waals surface area contributed by atoms with Crippen LogP contribution in [0.1, 0.15) is 77.8 Å². The standard InChI is InChI=1S/C25H31N3O3S2/c1-14(2)15-9-8-10-16(11-15)25(5,6)26-23(31)28-27-21(30)20-17-12-24(3,4)13-18(29)19(17)22(32-7)33-20/h8-11H,1,12-13H2,2-7H3,(H,27,30)(H2,26,28,31). The summed E-state index contributed by atoms with van der Waals surface area (Å²) in [5, 5.41) is 2.90. The van der Waals surface area contributed by atoms with E-state index < -0.39 is 17.5 Å². The van der Waals surface area contributed by atoms with Gasteiger partial charge in [-0.05, 0) is 61.6 Å². The van der Waals surface area contributed by atoms with Crippen molar-refractivity contribution >= 4 is 46.4 Å². The fraction of sp³-hybridized carbons (Fsp3) is 0.400. The Kier molecular flexibility index (Phi) is 7.10. The van der Waals surface area contributed by atoms with Gasteiger partial charge in [-0.1, -0.05) is 44.2 Å². The van der Waals surface area contributed by atoms with E-state index in [9.17, 15) is 14.4 Å². The van der Waals surface area contributed by atoms with Crippen LogP contribution >= 0.6 is 23.1 Å². The maximum Gasteiger partial charge on any atom is 0.334 e. The van der Waals surface area contributed by atoms with E-state index in [-0.39, 0.29) is 11.2 Å². The third-order valence-corrected chi connectivity index (χ3v) is 8.08. The normalized spacial score (nSPS) is 14.9. The Morgan fingerprint density at radius 3 is 2.52 bits per heavy atom. The molecule has 2 aromatic rings. The van der Waals surface area contributed by atoms with E-state index in [1.54, 1.807) is 0 Å². The van der Waals surface area contributed by atoms with Crippen LogP contribution in [0.2, 0.25) is 0 Å². The highest BCUT2D eigenvalue weighted by Gasteiger charge is 2.37. The Morgan fingerprint density at radius 1 is 1.18 bits per heavy atom. The van der Waals surface area contributed by atoms with E-state index in [2.05, 4.69) is 22.7 Å². The summed E-state index contributed by atoms with van der Waals surface area (Å²) in [6.07, 6.45) is 3.01. The van der Waals surface area contributed by atoms with Crippen molar-refractivity contribution in [3.05, 3.63) is 58.0 Å². The summed E-state index contributed by atoms with van der Waals surface area (Å²) < 4.78 is 0.846. The van der Waals surface area contributed by atoms with Crippen molar-refractivity contribution in [3.8, 4) is 0 Å². The van der Waals surface area contributed by atoms with Gasteiger partial charge in [0.1, 0.15) is 0 Å². The van der Waals surface area contributed by atoms with Crippen LogP contribution in [0.3, 0.4) is 0 Å². The van der Waals surface area contributed by atoms with E-state index in [0.29, 0.717) is 23.3 Å². The molecule has 0 saturated carbocycles. The van der Waals surface area contributed by atoms with Crippen molar-refractivity contribution in [2.24, 2.45) is 5.41 Å². The molecule has 0 fully saturated rings. The van der Waals surface area contributed by atoms with Gasteiger partial charge >= 0.3 is 6.03 Å². The maximum absolute atomic E-state index is 12.9. The van der Waals surface area contributed by atoms with Gasteiger partial charge in [-0.2, -0.15) is 0 Å². The minimum Gasteiger partial charge on any atom is -0.328 e. The molecule has 1 aromatic carbocycles. The first kappa shape index (κ1) is 25.1. The summed E-state index contributed by atoms with van der Waals surface area (Å²) in [5.74, 6) is -0.343.